The lowest BCUT2D eigenvalue weighted by Gasteiger charge is -2.18. The Hall–Kier alpha value is -1.85. The van der Waals surface area contributed by atoms with Crippen molar-refractivity contribution in [2.24, 2.45) is 0 Å². The molecule has 0 aromatic carbocycles. The van der Waals surface area contributed by atoms with Gasteiger partial charge in [-0.2, -0.15) is 0 Å². The summed E-state index contributed by atoms with van der Waals surface area (Å²) in [6.07, 6.45) is 54.8. The van der Waals surface area contributed by atoms with Crippen molar-refractivity contribution in [3.05, 3.63) is 12.2 Å². The molecule has 0 heterocycles. The lowest BCUT2D eigenvalue weighted by molar-refractivity contribution is -0.167. The fraction of sp³-hybridized carbons (Fsp3) is 0.907. The van der Waals surface area contributed by atoms with Crippen LogP contribution in [0.2, 0.25) is 0 Å². The van der Waals surface area contributed by atoms with Gasteiger partial charge in [0.2, 0.25) is 0 Å². The van der Waals surface area contributed by atoms with Crippen LogP contribution in [0.4, 0.5) is 0 Å². The average molecular weight is 847 g/mol. The zero-order chi connectivity index (χ0) is 43.7. The molecule has 0 saturated carbocycles. The normalized spacial score (nSPS) is 12.0. The Kier molecular flexibility index (Phi) is 48.3. The second kappa shape index (κ2) is 49.8. The molecule has 0 aromatic rings. The van der Waals surface area contributed by atoms with Crippen LogP contribution in [0.15, 0.2) is 12.2 Å². The minimum absolute atomic E-state index is 0.0674. The summed E-state index contributed by atoms with van der Waals surface area (Å²) in [5.41, 5.74) is 0. The summed E-state index contributed by atoms with van der Waals surface area (Å²) in [6.45, 7) is 6.66. The monoisotopic (exact) mass is 847 g/mol. The van der Waals surface area contributed by atoms with Crippen molar-refractivity contribution in [3.63, 3.8) is 0 Å². The second-order valence-corrected chi connectivity index (χ2v) is 18.2. The molecule has 0 aliphatic heterocycles. The topological polar surface area (TPSA) is 78.9 Å². The maximum Gasteiger partial charge on any atom is 0.306 e. The Labute approximate surface area is 373 Å². The molecule has 1 atom stereocenters. The Morgan fingerprint density at radius 3 is 0.833 bits per heavy atom. The van der Waals surface area contributed by atoms with Crippen molar-refractivity contribution in [3.8, 4) is 0 Å². The van der Waals surface area contributed by atoms with Gasteiger partial charge >= 0.3 is 17.9 Å². The molecule has 354 valence electrons. The summed E-state index contributed by atoms with van der Waals surface area (Å²) < 4.78 is 16.8. The third-order valence-corrected chi connectivity index (χ3v) is 12.0. The van der Waals surface area contributed by atoms with Crippen LogP contribution in [0, 0.1) is 0 Å². The minimum atomic E-state index is -0.766. The predicted molar refractivity (Wildman–Crippen MR) is 256 cm³/mol. The average Bonchev–Trinajstić information content (AvgIpc) is 3.24. The summed E-state index contributed by atoms with van der Waals surface area (Å²) >= 11 is 0. The highest BCUT2D eigenvalue weighted by Gasteiger charge is 2.19. The first-order valence-corrected chi connectivity index (χ1v) is 26.7. The summed E-state index contributed by atoms with van der Waals surface area (Å²) in [7, 11) is 0. The van der Waals surface area contributed by atoms with Crippen molar-refractivity contribution in [1.29, 1.82) is 0 Å². The van der Waals surface area contributed by atoms with E-state index < -0.39 is 6.10 Å². The van der Waals surface area contributed by atoms with Crippen LogP contribution in [0.25, 0.3) is 0 Å². The summed E-state index contributed by atoms with van der Waals surface area (Å²) in [4.78, 5) is 37.9. The Balaban J connectivity index is 4.30. The van der Waals surface area contributed by atoms with Gasteiger partial charge in [-0.15, -0.1) is 0 Å². The van der Waals surface area contributed by atoms with E-state index in [-0.39, 0.29) is 31.1 Å². The van der Waals surface area contributed by atoms with Crippen LogP contribution in [0.1, 0.15) is 297 Å². The summed E-state index contributed by atoms with van der Waals surface area (Å²) in [5.74, 6) is -0.859. The fourth-order valence-electron chi connectivity index (χ4n) is 7.97. The van der Waals surface area contributed by atoms with E-state index in [2.05, 4.69) is 32.9 Å². The Morgan fingerprint density at radius 1 is 0.317 bits per heavy atom. The number of carbonyl (C=O) groups excluding carboxylic acids is 3. The largest absolute Gasteiger partial charge is 0.462 e. The van der Waals surface area contributed by atoms with Gasteiger partial charge in [-0.3, -0.25) is 14.4 Å². The number of unbranched alkanes of at least 4 members (excludes halogenated alkanes) is 36. The van der Waals surface area contributed by atoms with E-state index >= 15 is 0 Å². The molecule has 0 aliphatic rings. The molecule has 0 saturated heterocycles. The number of ether oxygens (including phenoxy) is 3. The minimum Gasteiger partial charge on any atom is -0.462 e. The van der Waals surface area contributed by atoms with E-state index in [9.17, 15) is 14.4 Å². The molecule has 0 N–H and O–H groups in total. The smallest absolute Gasteiger partial charge is 0.306 e. The van der Waals surface area contributed by atoms with Gasteiger partial charge < -0.3 is 14.2 Å². The van der Waals surface area contributed by atoms with Crippen LogP contribution in [0.5, 0.6) is 0 Å². The molecule has 0 fully saturated rings. The van der Waals surface area contributed by atoms with Gasteiger partial charge in [0.15, 0.2) is 6.10 Å². The third kappa shape index (κ3) is 47.2. The van der Waals surface area contributed by atoms with Gasteiger partial charge in [-0.25, -0.2) is 0 Å². The highest BCUT2D eigenvalue weighted by molar-refractivity contribution is 5.71. The second-order valence-electron chi connectivity index (χ2n) is 18.2. The van der Waals surface area contributed by atoms with E-state index in [1.54, 1.807) is 0 Å². The van der Waals surface area contributed by atoms with Gasteiger partial charge in [-0.1, -0.05) is 245 Å². The van der Waals surface area contributed by atoms with E-state index in [1.807, 2.05) is 0 Å². The Bertz CT molecular complexity index is 931. The van der Waals surface area contributed by atoms with Gasteiger partial charge in [0.05, 0.1) is 0 Å². The highest BCUT2D eigenvalue weighted by Crippen LogP contribution is 2.16. The molecule has 6 heteroatoms. The molecule has 0 spiro atoms. The fourth-order valence-corrected chi connectivity index (χ4v) is 7.97. The number of hydrogen-bond donors (Lipinski definition) is 0. The first-order valence-electron chi connectivity index (χ1n) is 26.7. The van der Waals surface area contributed by atoms with Gasteiger partial charge in [0, 0.05) is 19.3 Å². The number of rotatable bonds is 49. The van der Waals surface area contributed by atoms with Gasteiger partial charge in [0.25, 0.3) is 0 Å². The highest BCUT2D eigenvalue weighted by atomic mass is 16.6. The lowest BCUT2D eigenvalue weighted by atomic mass is 10.0. The van der Waals surface area contributed by atoms with Crippen molar-refractivity contribution in [2.45, 2.75) is 303 Å². The van der Waals surface area contributed by atoms with Crippen molar-refractivity contribution < 1.29 is 28.6 Å². The number of carbonyl (C=O) groups is 3. The standard InChI is InChI=1S/C54H102O6/c1-4-7-10-13-16-19-22-24-26-28-30-32-35-38-41-44-47-53(56)59-50-51(49-58-52(55)46-43-40-37-34-21-18-15-12-9-6-3)60-54(57)48-45-42-39-36-33-31-29-27-25-23-20-17-14-11-8-5-2/h26,28,51H,4-25,27,29-50H2,1-3H3/b28-26-/t51-/m1/s1. The van der Waals surface area contributed by atoms with Crippen LogP contribution < -0.4 is 0 Å². The molecule has 0 rings (SSSR count). The molecule has 0 aromatic heterocycles. The maximum atomic E-state index is 12.8. The first kappa shape index (κ1) is 58.1. The molecule has 0 aliphatic carbocycles. The van der Waals surface area contributed by atoms with E-state index in [4.69, 9.17) is 14.2 Å². The zero-order valence-corrected chi connectivity index (χ0v) is 40.5. The van der Waals surface area contributed by atoms with E-state index in [1.165, 1.54) is 193 Å². The van der Waals surface area contributed by atoms with Crippen molar-refractivity contribution >= 4 is 17.9 Å². The number of allylic oxidation sites excluding steroid dienone is 2. The predicted octanol–water partition coefficient (Wildman–Crippen LogP) is 17.4. The molecule has 6 nitrogen and oxygen atoms in total. The summed E-state index contributed by atoms with van der Waals surface area (Å²) in [5, 5.41) is 0. The van der Waals surface area contributed by atoms with Crippen LogP contribution in [-0.2, 0) is 28.6 Å². The maximum absolute atomic E-state index is 12.8. The molecular weight excluding hydrogens is 745 g/mol. The van der Waals surface area contributed by atoms with E-state index in [0.29, 0.717) is 19.3 Å². The molecule has 0 bridgehead atoms. The Morgan fingerprint density at radius 2 is 0.550 bits per heavy atom. The SMILES string of the molecule is CCCCCCCCC/C=C\CCCCCCCC(=O)OC[C@@H](COC(=O)CCCCCCCCCCCC)OC(=O)CCCCCCCCCCCCCCCCCC. The molecule has 0 amide bonds. The first-order chi connectivity index (χ1) is 29.5. The third-order valence-electron chi connectivity index (χ3n) is 12.0. The van der Waals surface area contributed by atoms with Crippen molar-refractivity contribution in [1.82, 2.24) is 0 Å². The number of hydrogen-bond acceptors (Lipinski definition) is 6. The molecule has 60 heavy (non-hydrogen) atoms. The molecule has 0 unspecified atom stereocenters. The van der Waals surface area contributed by atoms with Crippen LogP contribution in [-0.4, -0.2) is 37.2 Å². The molecular formula is C54H102O6. The van der Waals surface area contributed by atoms with E-state index in [0.717, 1.165) is 64.2 Å². The molecule has 0 radical (unpaired) electrons. The van der Waals surface area contributed by atoms with Gasteiger partial charge in [-0.05, 0) is 44.9 Å². The van der Waals surface area contributed by atoms with Crippen LogP contribution >= 0.6 is 0 Å². The van der Waals surface area contributed by atoms with Crippen molar-refractivity contribution in [2.75, 3.05) is 13.2 Å². The van der Waals surface area contributed by atoms with Crippen LogP contribution in [0.3, 0.4) is 0 Å². The lowest BCUT2D eigenvalue weighted by Crippen LogP contribution is -2.30. The van der Waals surface area contributed by atoms with Gasteiger partial charge in [0.1, 0.15) is 13.2 Å². The quantitative estimate of drug-likeness (QED) is 0.0263. The summed E-state index contributed by atoms with van der Waals surface area (Å²) in [6, 6.07) is 0. The zero-order valence-electron chi connectivity index (χ0n) is 40.5. The number of esters is 3.